The average molecular weight is 518 g/mol. The molecular weight excluding hydrogens is 490 g/mol. The van der Waals surface area contributed by atoms with Gasteiger partial charge in [0.05, 0.1) is 24.0 Å². The molecule has 1 fully saturated rings. The molecular formula is C31H27N5OS. The smallest absolute Gasteiger partial charge is 0.174 e. The number of anilines is 1. The van der Waals surface area contributed by atoms with Crippen LogP contribution in [0.15, 0.2) is 116 Å². The van der Waals surface area contributed by atoms with Crippen LogP contribution in [0.1, 0.15) is 34.7 Å². The van der Waals surface area contributed by atoms with Gasteiger partial charge in [0.1, 0.15) is 17.5 Å². The summed E-state index contributed by atoms with van der Waals surface area (Å²) in [4.78, 5) is 11.4. The lowest BCUT2D eigenvalue weighted by Gasteiger charge is -2.29. The third kappa shape index (κ3) is 4.88. The molecule has 2 aromatic carbocycles. The highest BCUT2D eigenvalue weighted by molar-refractivity contribution is 7.80. The number of nitrogens with zero attached hydrogens (tertiary/aromatic N) is 4. The summed E-state index contributed by atoms with van der Waals surface area (Å²) in [6, 6.07) is 32.1. The molecule has 0 aliphatic carbocycles. The molecule has 0 bridgehead atoms. The molecule has 188 valence electrons. The summed E-state index contributed by atoms with van der Waals surface area (Å²) in [7, 11) is 0. The monoisotopic (exact) mass is 517 g/mol. The minimum absolute atomic E-state index is 0.111. The first-order chi connectivity index (χ1) is 18.7. The molecule has 1 aliphatic heterocycles. The Bertz CT molecular complexity index is 1520. The maximum absolute atomic E-state index is 6.06. The van der Waals surface area contributed by atoms with E-state index in [1.165, 1.54) is 5.56 Å². The highest BCUT2D eigenvalue weighted by atomic mass is 32.1. The molecule has 0 unspecified atom stereocenters. The molecule has 3 aromatic heterocycles. The van der Waals surface area contributed by atoms with Crippen molar-refractivity contribution in [2.45, 2.75) is 25.6 Å². The van der Waals surface area contributed by atoms with Crippen LogP contribution in [0.3, 0.4) is 0 Å². The average Bonchev–Trinajstić information content (AvgIpc) is 3.55. The van der Waals surface area contributed by atoms with E-state index in [-0.39, 0.29) is 12.1 Å². The minimum atomic E-state index is -0.121. The van der Waals surface area contributed by atoms with Crippen LogP contribution >= 0.6 is 12.2 Å². The van der Waals surface area contributed by atoms with E-state index in [1.54, 1.807) is 0 Å². The van der Waals surface area contributed by atoms with E-state index < -0.39 is 0 Å². The van der Waals surface area contributed by atoms with Crippen molar-refractivity contribution in [2.24, 2.45) is 0 Å². The second-order valence-corrected chi connectivity index (χ2v) is 9.67. The number of hydrogen-bond donors (Lipinski definition) is 1. The van der Waals surface area contributed by atoms with Gasteiger partial charge in [-0.2, -0.15) is 0 Å². The van der Waals surface area contributed by atoms with Crippen LogP contribution in [-0.4, -0.2) is 19.6 Å². The highest BCUT2D eigenvalue weighted by Gasteiger charge is 2.42. The fourth-order valence-electron chi connectivity index (χ4n) is 4.86. The van der Waals surface area contributed by atoms with E-state index >= 15 is 0 Å². The van der Waals surface area contributed by atoms with Gasteiger partial charge in [-0.25, -0.2) is 0 Å². The molecule has 1 saturated heterocycles. The molecule has 0 amide bonds. The van der Waals surface area contributed by atoms with Crippen LogP contribution in [0, 0.1) is 6.92 Å². The van der Waals surface area contributed by atoms with Crippen LogP contribution in [0.4, 0.5) is 5.69 Å². The number of rotatable bonds is 7. The van der Waals surface area contributed by atoms with Crippen molar-refractivity contribution in [1.82, 2.24) is 19.9 Å². The molecule has 1 N–H and O–H groups in total. The molecule has 38 heavy (non-hydrogen) atoms. The van der Waals surface area contributed by atoms with E-state index in [9.17, 15) is 0 Å². The van der Waals surface area contributed by atoms with Crippen LogP contribution in [-0.2, 0) is 6.54 Å². The van der Waals surface area contributed by atoms with Crippen molar-refractivity contribution in [3.05, 3.63) is 138 Å². The Morgan fingerprint density at radius 2 is 1.53 bits per heavy atom. The molecule has 0 radical (unpaired) electrons. The molecule has 0 saturated carbocycles. The summed E-state index contributed by atoms with van der Waals surface area (Å²) in [5.41, 5.74) is 5.24. The van der Waals surface area contributed by atoms with Crippen molar-refractivity contribution in [2.75, 3.05) is 4.90 Å². The van der Waals surface area contributed by atoms with Crippen LogP contribution in [0.5, 0.6) is 11.5 Å². The maximum atomic E-state index is 6.06. The summed E-state index contributed by atoms with van der Waals surface area (Å²) in [5, 5.41) is 4.20. The van der Waals surface area contributed by atoms with Gasteiger partial charge >= 0.3 is 0 Å². The number of benzene rings is 2. The van der Waals surface area contributed by atoms with Gasteiger partial charge < -0.3 is 19.5 Å². The van der Waals surface area contributed by atoms with Gasteiger partial charge in [-0.15, -0.1) is 0 Å². The van der Waals surface area contributed by atoms with Crippen LogP contribution < -0.4 is 15.0 Å². The molecule has 7 heteroatoms. The van der Waals surface area contributed by atoms with Crippen LogP contribution in [0.2, 0.25) is 0 Å². The number of aromatic nitrogens is 3. The zero-order valence-electron chi connectivity index (χ0n) is 20.9. The Kier molecular flexibility index (Phi) is 6.58. The van der Waals surface area contributed by atoms with Gasteiger partial charge in [0, 0.05) is 30.0 Å². The lowest BCUT2D eigenvalue weighted by atomic mass is 10.0. The predicted molar refractivity (Wildman–Crippen MR) is 153 cm³/mol. The number of ether oxygens (including phenoxy) is 1. The Balaban J connectivity index is 1.35. The lowest BCUT2D eigenvalue weighted by Crippen LogP contribution is -2.30. The predicted octanol–water partition coefficient (Wildman–Crippen LogP) is 6.60. The van der Waals surface area contributed by atoms with Crippen molar-refractivity contribution in [3.63, 3.8) is 0 Å². The number of aryl methyl sites for hydroxylation is 1. The molecule has 1 aliphatic rings. The fraction of sp³-hybridized carbons (Fsp3) is 0.129. The fourth-order valence-corrected chi connectivity index (χ4v) is 5.20. The number of pyridine rings is 2. The quantitative estimate of drug-likeness (QED) is 0.245. The Morgan fingerprint density at radius 3 is 2.21 bits per heavy atom. The first-order valence-corrected chi connectivity index (χ1v) is 13.0. The van der Waals surface area contributed by atoms with Gasteiger partial charge in [0.15, 0.2) is 5.11 Å². The third-order valence-corrected chi connectivity index (χ3v) is 7.01. The lowest BCUT2D eigenvalue weighted by molar-refractivity contribution is 0.482. The topological polar surface area (TPSA) is 55.2 Å². The molecule has 6 nitrogen and oxygen atoms in total. The van der Waals surface area contributed by atoms with Gasteiger partial charge in [0.25, 0.3) is 0 Å². The normalized spacial score (nSPS) is 16.9. The van der Waals surface area contributed by atoms with Gasteiger partial charge in [-0.05, 0) is 91.9 Å². The van der Waals surface area contributed by atoms with Crippen molar-refractivity contribution >= 4 is 23.0 Å². The second-order valence-electron chi connectivity index (χ2n) is 9.29. The molecule has 6 rings (SSSR count). The van der Waals surface area contributed by atoms with Crippen molar-refractivity contribution < 1.29 is 4.74 Å². The molecule has 4 heterocycles. The van der Waals surface area contributed by atoms with Crippen molar-refractivity contribution in [1.29, 1.82) is 0 Å². The summed E-state index contributed by atoms with van der Waals surface area (Å²) in [6.07, 6.45) is 5.75. The standard InChI is InChI=1S/C31H27N5OS/c1-22-10-14-25(15-11-22)37-26-16-12-24(13-17-26)36-30(29(34-31(36)38)27-8-3-5-19-33-27)28-9-6-20-35(28)21-23-7-2-4-18-32-23/h2-20,29-30H,21H2,1H3,(H,34,38)/t29-,30+/m0/s1. The largest absolute Gasteiger partial charge is 0.457 e. The first kappa shape index (κ1) is 23.9. The van der Waals surface area contributed by atoms with Crippen LogP contribution in [0.25, 0.3) is 0 Å². The zero-order chi connectivity index (χ0) is 25.9. The summed E-state index contributed by atoms with van der Waals surface area (Å²) in [5.74, 6) is 1.58. The summed E-state index contributed by atoms with van der Waals surface area (Å²) < 4.78 is 8.30. The van der Waals surface area contributed by atoms with E-state index in [1.807, 2.05) is 85.2 Å². The van der Waals surface area contributed by atoms with Gasteiger partial charge in [-0.3, -0.25) is 9.97 Å². The Morgan fingerprint density at radius 1 is 0.816 bits per heavy atom. The van der Waals surface area contributed by atoms with E-state index in [0.29, 0.717) is 11.7 Å². The van der Waals surface area contributed by atoms with Gasteiger partial charge in [-0.1, -0.05) is 29.8 Å². The van der Waals surface area contributed by atoms with Gasteiger partial charge in [0.2, 0.25) is 0 Å². The van der Waals surface area contributed by atoms with E-state index in [2.05, 4.69) is 62.1 Å². The molecule has 5 aromatic rings. The van der Waals surface area contributed by atoms with E-state index in [4.69, 9.17) is 17.0 Å². The van der Waals surface area contributed by atoms with E-state index in [0.717, 1.165) is 34.3 Å². The zero-order valence-corrected chi connectivity index (χ0v) is 21.8. The minimum Gasteiger partial charge on any atom is -0.457 e. The van der Waals surface area contributed by atoms with Crippen molar-refractivity contribution in [3.8, 4) is 11.5 Å². The number of hydrogen-bond acceptors (Lipinski definition) is 4. The number of thiocarbonyl (C=S) groups is 1. The summed E-state index contributed by atoms with van der Waals surface area (Å²) in [6.45, 7) is 2.73. The summed E-state index contributed by atoms with van der Waals surface area (Å²) >= 11 is 5.91. The highest BCUT2D eigenvalue weighted by Crippen LogP contribution is 2.42. The third-order valence-electron chi connectivity index (χ3n) is 6.70. The number of nitrogens with one attached hydrogen (secondary N) is 1. The molecule has 0 spiro atoms. The Labute approximate surface area is 227 Å². The second kappa shape index (κ2) is 10.5. The Hall–Kier alpha value is -4.49. The molecule has 2 atom stereocenters. The maximum Gasteiger partial charge on any atom is 0.174 e. The SMILES string of the molecule is Cc1ccc(Oc2ccc(N3C(=S)N[C@@H](c4ccccn4)[C@H]3c3cccn3Cc3ccccn3)cc2)cc1. The first-order valence-electron chi connectivity index (χ1n) is 12.6.